The fraction of sp³-hybridized carbons (Fsp3) is 0.875. The van der Waals surface area contributed by atoms with Gasteiger partial charge in [-0.15, -0.1) is 0 Å². The number of hydrogen-bond acceptors (Lipinski definition) is 4. The fourth-order valence-corrected chi connectivity index (χ4v) is 1.57. The van der Waals surface area contributed by atoms with Crippen molar-refractivity contribution in [3.8, 4) is 0 Å². The van der Waals surface area contributed by atoms with Crippen molar-refractivity contribution < 1.29 is 4.74 Å². The van der Waals surface area contributed by atoms with Gasteiger partial charge in [-0.2, -0.15) is 0 Å². The largest absolute Gasteiger partial charge is 0.463 e. The molecule has 0 amide bonds. The molecule has 12 heavy (non-hydrogen) atoms. The molecule has 4 heteroatoms. The number of ether oxygens (including phenoxy) is 1. The second-order valence-electron chi connectivity index (χ2n) is 3.22. The lowest BCUT2D eigenvalue weighted by Crippen LogP contribution is -2.45. The van der Waals surface area contributed by atoms with Gasteiger partial charge in [-0.3, -0.25) is 0 Å². The first-order valence-corrected chi connectivity index (χ1v) is 4.59. The summed E-state index contributed by atoms with van der Waals surface area (Å²) in [4.78, 5) is 4.19. The number of rotatable bonds is 1. The van der Waals surface area contributed by atoms with Gasteiger partial charge in [0.25, 0.3) is 6.02 Å². The number of piperidine rings is 1. The van der Waals surface area contributed by atoms with Crippen LogP contribution in [0, 0.1) is 0 Å². The molecule has 2 aliphatic heterocycles. The number of hydrogen-bond donors (Lipinski definition) is 2. The van der Waals surface area contributed by atoms with Crippen LogP contribution in [0.4, 0.5) is 0 Å². The highest BCUT2D eigenvalue weighted by atomic mass is 16.5. The Balaban J connectivity index is 1.77. The summed E-state index contributed by atoms with van der Waals surface area (Å²) >= 11 is 0. The summed E-state index contributed by atoms with van der Waals surface area (Å²) in [5.74, 6) is 0. The molecule has 1 atom stereocenters. The van der Waals surface area contributed by atoms with Gasteiger partial charge in [-0.05, 0) is 19.4 Å². The van der Waals surface area contributed by atoms with E-state index >= 15 is 0 Å². The van der Waals surface area contributed by atoms with E-state index < -0.39 is 0 Å². The van der Waals surface area contributed by atoms with Crippen molar-refractivity contribution in [2.75, 3.05) is 26.2 Å². The Morgan fingerprint density at radius 2 is 2.58 bits per heavy atom. The van der Waals surface area contributed by atoms with E-state index in [4.69, 9.17) is 4.74 Å². The van der Waals surface area contributed by atoms with Gasteiger partial charge >= 0.3 is 0 Å². The summed E-state index contributed by atoms with van der Waals surface area (Å²) in [6, 6.07) is 1.25. The molecule has 0 spiro atoms. The zero-order chi connectivity index (χ0) is 8.23. The third-order valence-corrected chi connectivity index (χ3v) is 2.21. The number of nitrogens with zero attached hydrogens (tertiary/aromatic N) is 1. The van der Waals surface area contributed by atoms with E-state index in [1.54, 1.807) is 0 Å². The highest BCUT2D eigenvalue weighted by molar-refractivity contribution is 5.75. The maximum absolute atomic E-state index is 5.27. The summed E-state index contributed by atoms with van der Waals surface area (Å²) < 4.78 is 5.27. The third kappa shape index (κ3) is 1.88. The maximum Gasteiger partial charge on any atom is 0.285 e. The van der Waals surface area contributed by atoms with Crippen LogP contribution in [0.5, 0.6) is 0 Å². The highest BCUT2D eigenvalue weighted by Crippen LogP contribution is 2.02. The normalized spacial score (nSPS) is 29.3. The Kier molecular flexibility index (Phi) is 2.46. The van der Waals surface area contributed by atoms with Gasteiger partial charge in [-0.1, -0.05) is 0 Å². The van der Waals surface area contributed by atoms with Crippen molar-refractivity contribution in [3.05, 3.63) is 0 Å². The Hall–Kier alpha value is -0.770. The van der Waals surface area contributed by atoms with E-state index in [1.807, 2.05) is 0 Å². The smallest absolute Gasteiger partial charge is 0.285 e. The van der Waals surface area contributed by atoms with Crippen molar-refractivity contribution in [2.45, 2.75) is 18.9 Å². The molecule has 2 aliphatic rings. The Morgan fingerprint density at radius 3 is 3.25 bits per heavy atom. The van der Waals surface area contributed by atoms with Gasteiger partial charge in [-0.25, -0.2) is 4.99 Å². The molecule has 2 rings (SSSR count). The standard InChI is InChI=1S/C8H15N3O/c1-2-7(6-9-3-1)11-8-10-4-5-12-8/h7,9H,1-6H2,(H,10,11). The quantitative estimate of drug-likeness (QED) is 0.567. The molecule has 0 aromatic rings. The molecule has 1 saturated heterocycles. The summed E-state index contributed by atoms with van der Waals surface area (Å²) in [5.41, 5.74) is 0. The summed E-state index contributed by atoms with van der Waals surface area (Å²) in [7, 11) is 0. The van der Waals surface area contributed by atoms with E-state index in [1.165, 1.54) is 12.8 Å². The SMILES string of the molecule is C1CNCC(NC2=NCCO2)C1. The lowest BCUT2D eigenvalue weighted by atomic mass is 10.1. The molecule has 1 unspecified atom stereocenters. The topological polar surface area (TPSA) is 45.7 Å². The Labute approximate surface area is 72.4 Å². The van der Waals surface area contributed by atoms with Gasteiger partial charge in [0.2, 0.25) is 0 Å². The van der Waals surface area contributed by atoms with Crippen LogP contribution in [-0.4, -0.2) is 38.3 Å². The molecule has 0 bridgehead atoms. The van der Waals surface area contributed by atoms with E-state index in [0.717, 1.165) is 32.3 Å². The minimum Gasteiger partial charge on any atom is -0.463 e. The molecule has 0 aromatic carbocycles. The molecule has 68 valence electrons. The lowest BCUT2D eigenvalue weighted by molar-refractivity contribution is 0.315. The van der Waals surface area contributed by atoms with E-state index in [0.29, 0.717) is 6.04 Å². The van der Waals surface area contributed by atoms with Crippen LogP contribution in [0.25, 0.3) is 0 Å². The summed E-state index contributed by atoms with van der Waals surface area (Å²) in [6.07, 6.45) is 2.46. The molecule has 0 aromatic heterocycles. The van der Waals surface area contributed by atoms with Crippen molar-refractivity contribution >= 4 is 6.02 Å². The van der Waals surface area contributed by atoms with Crippen LogP contribution in [0.2, 0.25) is 0 Å². The van der Waals surface area contributed by atoms with Crippen LogP contribution >= 0.6 is 0 Å². The first kappa shape index (κ1) is 7.86. The zero-order valence-corrected chi connectivity index (χ0v) is 7.18. The van der Waals surface area contributed by atoms with E-state index in [9.17, 15) is 0 Å². The summed E-state index contributed by atoms with van der Waals surface area (Å²) in [5, 5.41) is 6.62. The Bertz CT molecular complexity index is 175. The first-order valence-electron chi connectivity index (χ1n) is 4.59. The van der Waals surface area contributed by atoms with Crippen molar-refractivity contribution in [1.29, 1.82) is 0 Å². The molecule has 0 aliphatic carbocycles. The van der Waals surface area contributed by atoms with Crippen LogP contribution in [0.3, 0.4) is 0 Å². The van der Waals surface area contributed by atoms with Gasteiger partial charge in [0.05, 0.1) is 6.54 Å². The average Bonchev–Trinajstić information content (AvgIpc) is 2.59. The number of nitrogens with one attached hydrogen (secondary N) is 2. The monoisotopic (exact) mass is 169 g/mol. The Morgan fingerprint density at radius 1 is 1.58 bits per heavy atom. The van der Waals surface area contributed by atoms with Crippen LogP contribution in [-0.2, 0) is 4.74 Å². The molecular weight excluding hydrogens is 154 g/mol. The predicted octanol–water partition coefficient (Wildman–Crippen LogP) is -0.286. The van der Waals surface area contributed by atoms with Crippen LogP contribution in [0.15, 0.2) is 4.99 Å². The third-order valence-electron chi connectivity index (χ3n) is 2.21. The van der Waals surface area contributed by atoms with Crippen LogP contribution < -0.4 is 10.6 Å². The second kappa shape index (κ2) is 3.76. The second-order valence-corrected chi connectivity index (χ2v) is 3.22. The molecule has 4 nitrogen and oxygen atoms in total. The zero-order valence-electron chi connectivity index (χ0n) is 7.18. The number of aliphatic imine (C=N–C) groups is 1. The molecular formula is C8H15N3O. The van der Waals surface area contributed by atoms with Gasteiger partial charge in [0, 0.05) is 12.6 Å². The number of amidine groups is 1. The van der Waals surface area contributed by atoms with Crippen molar-refractivity contribution in [2.24, 2.45) is 4.99 Å². The van der Waals surface area contributed by atoms with Crippen LogP contribution in [0.1, 0.15) is 12.8 Å². The minimum atomic E-state index is 0.510. The van der Waals surface area contributed by atoms with Crippen molar-refractivity contribution in [3.63, 3.8) is 0 Å². The molecule has 0 radical (unpaired) electrons. The predicted molar refractivity (Wildman–Crippen MR) is 47.3 cm³/mol. The maximum atomic E-state index is 5.27. The minimum absolute atomic E-state index is 0.510. The highest BCUT2D eigenvalue weighted by Gasteiger charge is 2.16. The summed E-state index contributed by atoms with van der Waals surface area (Å²) in [6.45, 7) is 3.72. The molecule has 2 heterocycles. The lowest BCUT2D eigenvalue weighted by Gasteiger charge is -2.23. The van der Waals surface area contributed by atoms with Gasteiger partial charge in [0.15, 0.2) is 0 Å². The van der Waals surface area contributed by atoms with Crippen molar-refractivity contribution in [1.82, 2.24) is 10.6 Å². The molecule has 1 fully saturated rings. The van der Waals surface area contributed by atoms with E-state index in [2.05, 4.69) is 15.6 Å². The van der Waals surface area contributed by atoms with E-state index in [-0.39, 0.29) is 0 Å². The molecule has 2 N–H and O–H groups in total. The first-order chi connectivity index (χ1) is 5.95. The average molecular weight is 169 g/mol. The molecule has 0 saturated carbocycles. The van der Waals surface area contributed by atoms with Gasteiger partial charge in [0.1, 0.15) is 6.61 Å². The van der Waals surface area contributed by atoms with Gasteiger partial charge < -0.3 is 15.4 Å². The fourth-order valence-electron chi connectivity index (χ4n) is 1.57.